The van der Waals surface area contributed by atoms with Crippen molar-refractivity contribution >= 4 is 11.4 Å². The third-order valence-corrected chi connectivity index (χ3v) is 4.82. The van der Waals surface area contributed by atoms with Crippen molar-refractivity contribution in [1.82, 2.24) is 4.90 Å². The second-order valence-electron chi connectivity index (χ2n) is 6.23. The van der Waals surface area contributed by atoms with E-state index in [1.54, 1.807) is 12.1 Å². The molecule has 5 nitrogen and oxygen atoms in total. The van der Waals surface area contributed by atoms with E-state index < -0.39 is 0 Å². The van der Waals surface area contributed by atoms with Gasteiger partial charge in [-0.2, -0.15) is 0 Å². The fourth-order valence-electron chi connectivity index (χ4n) is 3.52. The molecule has 1 saturated heterocycles. The predicted molar refractivity (Wildman–Crippen MR) is 92.5 cm³/mol. The first-order valence-electron chi connectivity index (χ1n) is 8.42. The summed E-state index contributed by atoms with van der Waals surface area (Å²) in [4.78, 5) is 4.79. The normalized spacial score (nSPS) is 25.3. The number of hydrogen-bond donors (Lipinski definition) is 2. The molecule has 0 unspecified atom stereocenters. The van der Waals surface area contributed by atoms with E-state index in [1.165, 1.54) is 0 Å². The van der Waals surface area contributed by atoms with Gasteiger partial charge in [-0.25, -0.2) is 0 Å². The van der Waals surface area contributed by atoms with Crippen LogP contribution in [-0.4, -0.2) is 53.1 Å². The molecule has 0 saturated carbocycles. The molecular weight excluding hydrogens is 290 g/mol. The van der Waals surface area contributed by atoms with Gasteiger partial charge in [0.15, 0.2) is 0 Å². The van der Waals surface area contributed by atoms with Gasteiger partial charge >= 0.3 is 0 Å². The van der Waals surface area contributed by atoms with Crippen LogP contribution < -0.4 is 4.90 Å². The predicted octanol–water partition coefficient (Wildman–Crippen LogP) is 2.84. The average Bonchev–Trinajstić information content (AvgIpc) is 2.56. The van der Waals surface area contributed by atoms with Gasteiger partial charge in [0.25, 0.3) is 0 Å². The highest BCUT2D eigenvalue weighted by Crippen LogP contribution is 2.22. The zero-order valence-corrected chi connectivity index (χ0v) is 13.4. The number of piperazine rings is 1. The number of allylic oxidation sites excluding steroid dienone is 2. The van der Waals surface area contributed by atoms with Gasteiger partial charge in [-0.05, 0) is 49.9 Å². The SMILES string of the molecule is O/N=C1/CCC=CCC[C@@H]1N1CCN(c2ccc(O)cc2)CC1. The van der Waals surface area contributed by atoms with Gasteiger partial charge in [0.1, 0.15) is 5.75 Å². The summed E-state index contributed by atoms with van der Waals surface area (Å²) in [6.45, 7) is 3.84. The summed E-state index contributed by atoms with van der Waals surface area (Å²) in [5.74, 6) is 0.304. The van der Waals surface area contributed by atoms with Crippen molar-refractivity contribution in [2.45, 2.75) is 31.7 Å². The van der Waals surface area contributed by atoms with Crippen molar-refractivity contribution in [2.24, 2.45) is 5.16 Å². The largest absolute Gasteiger partial charge is 0.508 e. The fraction of sp³-hybridized carbons (Fsp3) is 0.500. The standard InChI is InChI=1S/C18H25N3O2/c22-16-9-7-15(8-10-16)20-11-13-21(14-12-20)18-6-4-2-1-3-5-17(18)19-23/h1-2,7-10,18,22-23H,3-6,11-14H2/b2-1?,19-17-/t18-/m0/s1. The number of benzene rings is 1. The van der Waals surface area contributed by atoms with E-state index in [0.717, 1.165) is 63.3 Å². The van der Waals surface area contributed by atoms with Crippen molar-refractivity contribution in [1.29, 1.82) is 0 Å². The minimum absolute atomic E-state index is 0.256. The van der Waals surface area contributed by atoms with E-state index in [9.17, 15) is 10.3 Å². The van der Waals surface area contributed by atoms with E-state index in [0.29, 0.717) is 5.75 Å². The van der Waals surface area contributed by atoms with Gasteiger partial charge < -0.3 is 15.2 Å². The van der Waals surface area contributed by atoms with Crippen LogP contribution in [0.3, 0.4) is 0 Å². The maximum atomic E-state index is 9.40. The number of hydrogen-bond acceptors (Lipinski definition) is 5. The zero-order chi connectivity index (χ0) is 16.1. The molecule has 124 valence electrons. The monoisotopic (exact) mass is 315 g/mol. The Bertz CT molecular complexity index is 560. The molecule has 0 spiro atoms. The van der Waals surface area contributed by atoms with E-state index in [1.807, 2.05) is 12.1 Å². The maximum absolute atomic E-state index is 9.40. The highest BCUT2D eigenvalue weighted by atomic mass is 16.4. The van der Waals surface area contributed by atoms with Crippen molar-refractivity contribution in [3.8, 4) is 5.75 Å². The van der Waals surface area contributed by atoms with Crippen LogP contribution >= 0.6 is 0 Å². The second-order valence-corrected chi connectivity index (χ2v) is 6.23. The maximum Gasteiger partial charge on any atom is 0.115 e. The summed E-state index contributed by atoms with van der Waals surface area (Å²) in [5.41, 5.74) is 2.08. The Morgan fingerprint density at radius 3 is 2.35 bits per heavy atom. The van der Waals surface area contributed by atoms with E-state index >= 15 is 0 Å². The van der Waals surface area contributed by atoms with Gasteiger partial charge in [0, 0.05) is 31.9 Å². The number of nitrogens with zero attached hydrogens (tertiary/aromatic N) is 3. The molecule has 1 heterocycles. The lowest BCUT2D eigenvalue weighted by molar-refractivity contribution is 0.211. The summed E-state index contributed by atoms with van der Waals surface area (Å²) in [6, 6.07) is 7.66. The molecular formula is C18H25N3O2. The van der Waals surface area contributed by atoms with Crippen LogP contribution in [0.2, 0.25) is 0 Å². The molecule has 0 bridgehead atoms. The average molecular weight is 315 g/mol. The molecule has 1 fully saturated rings. The first kappa shape index (κ1) is 15.9. The Morgan fingerprint density at radius 1 is 0.957 bits per heavy atom. The van der Waals surface area contributed by atoms with E-state index in [2.05, 4.69) is 27.1 Å². The third-order valence-electron chi connectivity index (χ3n) is 4.82. The molecule has 0 amide bonds. The summed E-state index contributed by atoms with van der Waals surface area (Å²) in [5, 5.41) is 22.4. The highest BCUT2D eigenvalue weighted by Gasteiger charge is 2.27. The van der Waals surface area contributed by atoms with Crippen LogP contribution in [0, 0.1) is 0 Å². The zero-order valence-electron chi connectivity index (χ0n) is 13.4. The van der Waals surface area contributed by atoms with Gasteiger partial charge in [-0.1, -0.05) is 17.3 Å². The molecule has 3 rings (SSSR count). The molecule has 2 aliphatic rings. The molecule has 0 aromatic heterocycles. The molecule has 1 aromatic carbocycles. The Kier molecular flexibility index (Phi) is 5.18. The highest BCUT2D eigenvalue weighted by molar-refractivity contribution is 5.89. The fourth-order valence-corrected chi connectivity index (χ4v) is 3.52. The van der Waals surface area contributed by atoms with Crippen LogP contribution in [0.15, 0.2) is 41.6 Å². The van der Waals surface area contributed by atoms with Crippen molar-refractivity contribution in [2.75, 3.05) is 31.1 Å². The molecule has 1 aliphatic heterocycles. The van der Waals surface area contributed by atoms with E-state index in [-0.39, 0.29) is 6.04 Å². The van der Waals surface area contributed by atoms with Gasteiger partial charge in [-0.3, -0.25) is 4.90 Å². The number of rotatable bonds is 2. The lowest BCUT2D eigenvalue weighted by atomic mass is 9.96. The Balaban J connectivity index is 1.63. The summed E-state index contributed by atoms with van der Waals surface area (Å²) < 4.78 is 0. The molecule has 23 heavy (non-hydrogen) atoms. The van der Waals surface area contributed by atoms with Crippen LogP contribution in [0.25, 0.3) is 0 Å². The van der Waals surface area contributed by atoms with Gasteiger partial charge in [0.2, 0.25) is 0 Å². The van der Waals surface area contributed by atoms with Crippen LogP contribution in [0.4, 0.5) is 5.69 Å². The number of phenols is 1. The Morgan fingerprint density at radius 2 is 1.65 bits per heavy atom. The second kappa shape index (κ2) is 7.51. The number of phenolic OH excluding ortho intramolecular Hbond substituents is 1. The summed E-state index contributed by atoms with van der Waals surface area (Å²) >= 11 is 0. The third kappa shape index (κ3) is 3.85. The van der Waals surface area contributed by atoms with Crippen molar-refractivity contribution < 1.29 is 10.3 Å². The van der Waals surface area contributed by atoms with Crippen LogP contribution in [0.1, 0.15) is 25.7 Å². The quantitative estimate of drug-likeness (QED) is 0.500. The van der Waals surface area contributed by atoms with Crippen molar-refractivity contribution in [3.63, 3.8) is 0 Å². The Hall–Kier alpha value is -2.01. The van der Waals surface area contributed by atoms with Gasteiger partial charge in [-0.15, -0.1) is 0 Å². The number of oxime groups is 1. The van der Waals surface area contributed by atoms with Crippen molar-refractivity contribution in [3.05, 3.63) is 36.4 Å². The number of anilines is 1. The minimum atomic E-state index is 0.256. The lowest BCUT2D eigenvalue weighted by Crippen LogP contribution is -2.52. The first-order chi connectivity index (χ1) is 11.3. The van der Waals surface area contributed by atoms with Crippen LogP contribution in [-0.2, 0) is 0 Å². The smallest absolute Gasteiger partial charge is 0.115 e. The topological polar surface area (TPSA) is 59.3 Å². The Labute approximate surface area is 137 Å². The molecule has 1 aliphatic carbocycles. The first-order valence-corrected chi connectivity index (χ1v) is 8.42. The minimum Gasteiger partial charge on any atom is -0.508 e. The van der Waals surface area contributed by atoms with Crippen LogP contribution in [0.5, 0.6) is 5.75 Å². The molecule has 0 radical (unpaired) electrons. The molecule has 2 N–H and O–H groups in total. The molecule has 5 heteroatoms. The number of aromatic hydroxyl groups is 1. The van der Waals surface area contributed by atoms with E-state index in [4.69, 9.17) is 0 Å². The van der Waals surface area contributed by atoms with Gasteiger partial charge in [0.05, 0.1) is 11.8 Å². The molecule has 1 atom stereocenters. The molecule has 1 aromatic rings. The summed E-state index contributed by atoms with van der Waals surface area (Å²) in [7, 11) is 0. The lowest BCUT2D eigenvalue weighted by Gasteiger charge is -2.40. The summed E-state index contributed by atoms with van der Waals surface area (Å²) in [6.07, 6.45) is 8.30.